The minimum Gasteiger partial charge on any atom is -0.393 e. The van der Waals surface area contributed by atoms with E-state index in [2.05, 4.69) is 26.5 Å². The van der Waals surface area contributed by atoms with Crippen LogP contribution in [0.4, 0.5) is 0 Å². The number of hydrogen-bond donors (Lipinski definition) is 1. The van der Waals surface area contributed by atoms with E-state index < -0.39 is 5.60 Å². The van der Waals surface area contributed by atoms with E-state index in [1.807, 2.05) is 0 Å². The second-order valence-corrected chi connectivity index (χ2v) is 9.07. The Kier molecular flexibility index (Phi) is 2.51. The number of ketones is 1. The highest BCUT2D eigenvalue weighted by Gasteiger charge is 2.77. The molecule has 0 aromatic rings. The molecule has 3 saturated carbocycles. The molecule has 1 saturated heterocycles. The predicted molar refractivity (Wildman–Crippen MR) is 86.7 cm³/mol. The van der Waals surface area contributed by atoms with Gasteiger partial charge in [-0.15, -0.1) is 0 Å². The summed E-state index contributed by atoms with van der Waals surface area (Å²) in [7, 11) is 0. The van der Waals surface area contributed by atoms with E-state index in [4.69, 9.17) is 4.74 Å². The third-order valence-electron chi connectivity index (χ3n) is 8.43. The predicted octanol–water partition coefficient (Wildman–Crippen LogP) is 3.03. The molecule has 3 nitrogen and oxygen atoms in total. The van der Waals surface area contributed by atoms with E-state index >= 15 is 0 Å². The lowest BCUT2D eigenvalue weighted by Gasteiger charge is -2.58. The van der Waals surface area contributed by atoms with Gasteiger partial charge in [-0.05, 0) is 66.9 Å². The van der Waals surface area contributed by atoms with Crippen molar-refractivity contribution in [3.8, 4) is 0 Å². The smallest absolute Gasteiger partial charge is 0.187 e. The molecule has 1 aliphatic heterocycles. The fourth-order valence-corrected chi connectivity index (χ4v) is 7.06. The normalized spacial score (nSPS) is 59.9. The number of carbonyl (C=O) groups is 1. The molecule has 5 rings (SSSR count). The molecular formula is C20H26O3. The molecule has 1 N–H and O–H groups in total. The second-order valence-electron chi connectivity index (χ2n) is 9.07. The average molecular weight is 314 g/mol. The van der Waals surface area contributed by atoms with E-state index in [0.717, 1.165) is 37.7 Å². The number of epoxide rings is 1. The minimum absolute atomic E-state index is 0.0698. The summed E-state index contributed by atoms with van der Waals surface area (Å²) in [5.41, 5.74) is 0.653. The number of aliphatic hydroxyl groups is 1. The van der Waals surface area contributed by atoms with Crippen LogP contribution in [0, 0.1) is 28.6 Å². The van der Waals surface area contributed by atoms with Crippen LogP contribution in [0.25, 0.3) is 0 Å². The maximum atomic E-state index is 12.1. The summed E-state index contributed by atoms with van der Waals surface area (Å²) in [6.07, 6.45) is 8.68. The molecule has 5 aliphatic rings. The second kappa shape index (κ2) is 4.00. The van der Waals surface area contributed by atoms with Gasteiger partial charge in [0.1, 0.15) is 5.60 Å². The Labute approximate surface area is 137 Å². The molecule has 0 radical (unpaired) electrons. The first-order chi connectivity index (χ1) is 10.8. The van der Waals surface area contributed by atoms with Crippen LogP contribution in [0.15, 0.2) is 24.3 Å². The summed E-state index contributed by atoms with van der Waals surface area (Å²) < 4.78 is 6.04. The van der Waals surface area contributed by atoms with Gasteiger partial charge in [0.15, 0.2) is 11.9 Å². The van der Waals surface area contributed by atoms with Gasteiger partial charge in [0, 0.05) is 5.41 Å². The third-order valence-corrected chi connectivity index (χ3v) is 8.43. The van der Waals surface area contributed by atoms with Gasteiger partial charge in [-0.3, -0.25) is 4.79 Å². The van der Waals surface area contributed by atoms with Crippen LogP contribution in [0.1, 0.15) is 46.0 Å². The number of hydrogen-bond acceptors (Lipinski definition) is 3. The van der Waals surface area contributed by atoms with Crippen LogP contribution < -0.4 is 0 Å². The molecule has 8 atom stereocenters. The van der Waals surface area contributed by atoms with Crippen molar-refractivity contribution in [3.63, 3.8) is 0 Å². The molecule has 2 unspecified atom stereocenters. The number of rotatable bonds is 0. The third kappa shape index (κ3) is 1.40. The molecule has 1 spiro atoms. The van der Waals surface area contributed by atoms with E-state index in [9.17, 15) is 9.90 Å². The van der Waals surface area contributed by atoms with Crippen LogP contribution in [-0.2, 0) is 9.53 Å². The molecule has 23 heavy (non-hydrogen) atoms. The van der Waals surface area contributed by atoms with Gasteiger partial charge in [-0.1, -0.05) is 26.5 Å². The van der Waals surface area contributed by atoms with Crippen molar-refractivity contribution < 1.29 is 14.6 Å². The number of carbonyl (C=O) groups excluding carboxylic acids is 1. The number of aliphatic hydroxyl groups excluding tert-OH is 1. The zero-order valence-corrected chi connectivity index (χ0v) is 14.0. The van der Waals surface area contributed by atoms with Crippen molar-refractivity contribution >= 4 is 5.78 Å². The van der Waals surface area contributed by atoms with Crippen LogP contribution in [-0.4, -0.2) is 28.7 Å². The van der Waals surface area contributed by atoms with Crippen molar-refractivity contribution in [2.24, 2.45) is 28.6 Å². The molecule has 3 heteroatoms. The lowest BCUT2D eigenvalue weighted by atomic mass is 9.45. The maximum Gasteiger partial charge on any atom is 0.187 e. The topological polar surface area (TPSA) is 49.8 Å². The number of fused-ring (bicyclic) bond motifs is 4. The monoisotopic (exact) mass is 314 g/mol. The van der Waals surface area contributed by atoms with Gasteiger partial charge < -0.3 is 9.84 Å². The highest BCUT2D eigenvalue weighted by atomic mass is 16.6. The van der Waals surface area contributed by atoms with Gasteiger partial charge in [-0.25, -0.2) is 0 Å². The van der Waals surface area contributed by atoms with Crippen LogP contribution in [0.2, 0.25) is 0 Å². The van der Waals surface area contributed by atoms with Crippen LogP contribution in [0.5, 0.6) is 0 Å². The Balaban J connectivity index is 1.60. The molecule has 0 amide bonds. The van der Waals surface area contributed by atoms with Crippen LogP contribution in [0.3, 0.4) is 0 Å². The van der Waals surface area contributed by atoms with E-state index in [-0.39, 0.29) is 28.8 Å². The van der Waals surface area contributed by atoms with E-state index in [1.165, 1.54) is 0 Å². The Morgan fingerprint density at radius 2 is 2.04 bits per heavy atom. The highest BCUT2D eigenvalue weighted by molar-refractivity contribution is 5.99. The Morgan fingerprint density at radius 3 is 2.83 bits per heavy atom. The van der Waals surface area contributed by atoms with Crippen molar-refractivity contribution in [2.45, 2.75) is 63.8 Å². The average Bonchev–Trinajstić information content (AvgIpc) is 3.21. The lowest BCUT2D eigenvalue weighted by molar-refractivity contribution is -0.116. The molecule has 0 aromatic carbocycles. The molecule has 4 fully saturated rings. The van der Waals surface area contributed by atoms with Crippen molar-refractivity contribution in [3.05, 3.63) is 24.3 Å². The van der Waals surface area contributed by atoms with Gasteiger partial charge in [0.25, 0.3) is 0 Å². The highest BCUT2D eigenvalue weighted by Crippen LogP contribution is 2.72. The Bertz CT molecular complexity index is 651. The fourth-order valence-electron chi connectivity index (χ4n) is 7.06. The van der Waals surface area contributed by atoms with Crippen molar-refractivity contribution in [1.82, 2.24) is 0 Å². The molecular weight excluding hydrogens is 288 g/mol. The fraction of sp³-hybridized carbons (Fsp3) is 0.750. The van der Waals surface area contributed by atoms with Crippen LogP contribution >= 0.6 is 0 Å². The number of ether oxygens (including phenoxy) is 1. The molecule has 1 heterocycles. The Hall–Kier alpha value is -0.930. The standard InChI is InChI=1S/C20H26O3/c1-11-10-12-13-4-5-16(22)18(13,2)8-6-14(12)19(3)9-7-15(21)17-20(11,19)23-17/h7,9,12-14,16-17,22H,1,4-6,8,10H2,2-3H3/t12-,13-,14-,16-,17?,18-,19+,20?/m0/s1. The minimum atomic E-state index is -0.426. The molecule has 4 aliphatic carbocycles. The first-order valence-corrected chi connectivity index (χ1v) is 9.12. The van der Waals surface area contributed by atoms with Gasteiger partial charge in [0.05, 0.1) is 6.10 Å². The first kappa shape index (κ1) is 14.4. The van der Waals surface area contributed by atoms with Crippen molar-refractivity contribution in [2.75, 3.05) is 0 Å². The maximum absolute atomic E-state index is 12.1. The lowest BCUT2D eigenvalue weighted by Crippen LogP contribution is -2.57. The van der Waals surface area contributed by atoms with Crippen molar-refractivity contribution in [1.29, 1.82) is 0 Å². The summed E-state index contributed by atoms with van der Waals surface area (Å²) in [5, 5.41) is 10.5. The Morgan fingerprint density at radius 1 is 1.26 bits per heavy atom. The quantitative estimate of drug-likeness (QED) is 0.552. The van der Waals surface area contributed by atoms with Gasteiger partial charge in [-0.2, -0.15) is 0 Å². The largest absolute Gasteiger partial charge is 0.393 e. The van der Waals surface area contributed by atoms with E-state index in [0.29, 0.717) is 17.8 Å². The zero-order valence-electron chi connectivity index (χ0n) is 14.0. The van der Waals surface area contributed by atoms with Gasteiger partial charge in [0.2, 0.25) is 0 Å². The summed E-state index contributed by atoms with van der Waals surface area (Å²) >= 11 is 0. The molecule has 0 bridgehead atoms. The summed E-state index contributed by atoms with van der Waals surface area (Å²) in [6.45, 7) is 8.94. The first-order valence-electron chi connectivity index (χ1n) is 9.12. The SMILES string of the molecule is C=C1C[C@H]2[C@@H]3CC[C@H](O)[C@@]3(C)CC[C@@H]2[C@@]2(C)C=CC(=O)C3OC132. The van der Waals surface area contributed by atoms with E-state index in [1.54, 1.807) is 6.08 Å². The van der Waals surface area contributed by atoms with Gasteiger partial charge >= 0.3 is 0 Å². The zero-order chi connectivity index (χ0) is 16.2. The molecule has 0 aromatic heterocycles. The summed E-state index contributed by atoms with van der Waals surface area (Å²) in [5.74, 6) is 1.78. The summed E-state index contributed by atoms with van der Waals surface area (Å²) in [4.78, 5) is 12.1. The summed E-state index contributed by atoms with van der Waals surface area (Å²) in [6, 6.07) is 0. The molecule has 124 valence electrons.